The first-order chi connectivity index (χ1) is 9.26. The van der Waals surface area contributed by atoms with Gasteiger partial charge in [0.15, 0.2) is 0 Å². The van der Waals surface area contributed by atoms with Crippen molar-refractivity contribution < 1.29 is 19.3 Å². The van der Waals surface area contributed by atoms with Gasteiger partial charge in [-0.05, 0) is 24.7 Å². The molecule has 0 radical (unpaired) electrons. The van der Waals surface area contributed by atoms with E-state index in [9.17, 15) is 5.11 Å². The Bertz CT molecular complexity index is 329. The predicted octanol–water partition coefficient (Wildman–Crippen LogP) is 0.809. The van der Waals surface area contributed by atoms with Crippen molar-refractivity contribution in [2.45, 2.75) is 12.6 Å². The van der Waals surface area contributed by atoms with Crippen LogP contribution in [0, 0.1) is 0 Å². The minimum atomic E-state index is -0.631. The highest BCUT2D eigenvalue weighted by molar-refractivity contribution is 5.27. The maximum Gasteiger partial charge on any atom is 0.119 e. The third-order valence-corrected chi connectivity index (χ3v) is 2.49. The molecule has 1 rings (SSSR count). The van der Waals surface area contributed by atoms with Crippen LogP contribution in [0.3, 0.4) is 0 Å². The average Bonchev–Trinajstić information content (AvgIpc) is 2.43. The number of hydrogen-bond acceptors (Lipinski definition) is 5. The molecule has 1 aromatic rings. The van der Waals surface area contributed by atoms with Gasteiger partial charge < -0.3 is 24.6 Å². The molecular formula is C14H23NO4. The molecule has 0 saturated heterocycles. The van der Waals surface area contributed by atoms with Crippen molar-refractivity contribution in [1.82, 2.24) is 5.32 Å². The average molecular weight is 269 g/mol. The molecule has 1 aromatic carbocycles. The summed E-state index contributed by atoms with van der Waals surface area (Å²) in [4.78, 5) is 0. The van der Waals surface area contributed by atoms with E-state index in [4.69, 9.17) is 14.2 Å². The van der Waals surface area contributed by atoms with Gasteiger partial charge in [-0.3, -0.25) is 0 Å². The van der Waals surface area contributed by atoms with Crippen LogP contribution in [0.1, 0.15) is 5.56 Å². The highest BCUT2D eigenvalue weighted by Crippen LogP contribution is 2.12. The van der Waals surface area contributed by atoms with Crippen molar-refractivity contribution in [3.63, 3.8) is 0 Å². The topological polar surface area (TPSA) is 60.0 Å². The first kappa shape index (κ1) is 15.9. The highest BCUT2D eigenvalue weighted by atomic mass is 16.5. The van der Waals surface area contributed by atoms with Gasteiger partial charge in [0.1, 0.15) is 18.5 Å². The van der Waals surface area contributed by atoms with Gasteiger partial charge >= 0.3 is 0 Å². The molecule has 0 aliphatic heterocycles. The maximum absolute atomic E-state index is 9.65. The van der Waals surface area contributed by atoms with Crippen molar-refractivity contribution >= 4 is 0 Å². The third kappa shape index (κ3) is 7.12. The summed E-state index contributed by atoms with van der Waals surface area (Å²) >= 11 is 0. The van der Waals surface area contributed by atoms with Gasteiger partial charge in [-0.25, -0.2) is 0 Å². The zero-order valence-corrected chi connectivity index (χ0v) is 11.6. The normalized spacial score (nSPS) is 12.4. The van der Waals surface area contributed by atoms with Gasteiger partial charge in [0.05, 0.1) is 19.8 Å². The molecule has 5 nitrogen and oxygen atoms in total. The van der Waals surface area contributed by atoms with Crippen molar-refractivity contribution in [2.75, 3.05) is 40.6 Å². The van der Waals surface area contributed by atoms with Crippen molar-refractivity contribution in [2.24, 2.45) is 0 Å². The number of aliphatic hydroxyl groups excluding tert-OH is 1. The monoisotopic (exact) mass is 269 g/mol. The molecule has 2 N–H and O–H groups in total. The molecule has 19 heavy (non-hydrogen) atoms. The Morgan fingerprint density at radius 3 is 2.53 bits per heavy atom. The molecule has 1 unspecified atom stereocenters. The van der Waals surface area contributed by atoms with Crippen LogP contribution < -0.4 is 10.1 Å². The second-order valence-electron chi connectivity index (χ2n) is 4.21. The van der Waals surface area contributed by atoms with Crippen molar-refractivity contribution in [3.05, 3.63) is 29.8 Å². The van der Waals surface area contributed by atoms with Crippen LogP contribution in [0.4, 0.5) is 0 Å². The summed E-state index contributed by atoms with van der Waals surface area (Å²) in [5, 5.41) is 12.7. The largest absolute Gasteiger partial charge is 0.491 e. The SMILES string of the molecule is CNCc1ccc(OCC(O)COCCOC)cc1. The van der Waals surface area contributed by atoms with Gasteiger partial charge in [0.25, 0.3) is 0 Å². The summed E-state index contributed by atoms with van der Waals surface area (Å²) in [6.07, 6.45) is -0.631. The third-order valence-electron chi connectivity index (χ3n) is 2.49. The molecule has 0 aliphatic carbocycles. The number of methoxy groups -OCH3 is 1. The first-order valence-electron chi connectivity index (χ1n) is 6.37. The Hall–Kier alpha value is -1.14. The molecule has 0 aromatic heterocycles. The lowest BCUT2D eigenvalue weighted by molar-refractivity contribution is -0.00419. The summed E-state index contributed by atoms with van der Waals surface area (Å²) in [7, 11) is 3.52. The van der Waals surface area contributed by atoms with Crippen LogP contribution in [0.25, 0.3) is 0 Å². The van der Waals surface area contributed by atoms with Gasteiger partial charge in [-0.1, -0.05) is 12.1 Å². The lowest BCUT2D eigenvalue weighted by Crippen LogP contribution is -2.24. The van der Waals surface area contributed by atoms with Gasteiger partial charge in [0.2, 0.25) is 0 Å². The van der Waals surface area contributed by atoms with Crippen molar-refractivity contribution in [3.8, 4) is 5.75 Å². The van der Waals surface area contributed by atoms with E-state index in [0.29, 0.717) is 13.2 Å². The van der Waals surface area contributed by atoms with Gasteiger partial charge in [-0.15, -0.1) is 0 Å². The lowest BCUT2D eigenvalue weighted by atomic mass is 10.2. The summed E-state index contributed by atoms with van der Waals surface area (Å²) in [6, 6.07) is 7.77. The lowest BCUT2D eigenvalue weighted by Gasteiger charge is -2.13. The van der Waals surface area contributed by atoms with E-state index in [1.807, 2.05) is 31.3 Å². The van der Waals surface area contributed by atoms with Crippen LogP contribution in [-0.4, -0.2) is 51.8 Å². The van der Waals surface area contributed by atoms with E-state index in [1.54, 1.807) is 7.11 Å². The molecule has 0 amide bonds. The predicted molar refractivity (Wildman–Crippen MR) is 73.4 cm³/mol. The zero-order valence-electron chi connectivity index (χ0n) is 11.6. The van der Waals surface area contributed by atoms with E-state index < -0.39 is 6.10 Å². The van der Waals surface area contributed by atoms with Gasteiger partial charge in [0, 0.05) is 13.7 Å². The fourth-order valence-electron chi connectivity index (χ4n) is 1.51. The summed E-state index contributed by atoms with van der Waals surface area (Å²) in [5.41, 5.74) is 1.19. The zero-order chi connectivity index (χ0) is 13.9. The molecule has 0 spiro atoms. The minimum Gasteiger partial charge on any atom is -0.491 e. The van der Waals surface area contributed by atoms with E-state index in [-0.39, 0.29) is 13.2 Å². The molecule has 108 valence electrons. The highest BCUT2D eigenvalue weighted by Gasteiger charge is 2.05. The molecule has 5 heteroatoms. The van der Waals surface area contributed by atoms with E-state index in [1.165, 1.54) is 5.56 Å². The van der Waals surface area contributed by atoms with Crippen LogP contribution >= 0.6 is 0 Å². The summed E-state index contributed by atoms with van der Waals surface area (Å²) in [6.45, 7) is 2.31. The Labute approximate surface area is 114 Å². The Morgan fingerprint density at radius 1 is 1.16 bits per heavy atom. The molecular weight excluding hydrogens is 246 g/mol. The smallest absolute Gasteiger partial charge is 0.119 e. The van der Waals surface area contributed by atoms with E-state index >= 15 is 0 Å². The minimum absolute atomic E-state index is 0.221. The van der Waals surface area contributed by atoms with Crippen molar-refractivity contribution in [1.29, 1.82) is 0 Å². The van der Waals surface area contributed by atoms with E-state index in [0.717, 1.165) is 12.3 Å². The first-order valence-corrected chi connectivity index (χ1v) is 6.37. The molecule has 0 saturated carbocycles. The van der Waals surface area contributed by atoms with Crippen LogP contribution in [0.15, 0.2) is 24.3 Å². The Balaban J connectivity index is 2.20. The number of benzene rings is 1. The standard InChI is InChI=1S/C14H23NO4/c1-15-9-12-3-5-14(6-4-12)19-11-13(16)10-18-8-7-17-2/h3-6,13,15-16H,7-11H2,1-2H3. The Kier molecular flexibility index (Phi) is 8.16. The summed E-state index contributed by atoms with van der Waals surface area (Å²) in [5.74, 6) is 0.746. The number of nitrogens with one attached hydrogen (secondary N) is 1. The molecule has 0 bridgehead atoms. The summed E-state index contributed by atoms with van der Waals surface area (Å²) < 4.78 is 15.5. The molecule has 0 fully saturated rings. The van der Waals surface area contributed by atoms with Gasteiger partial charge in [-0.2, -0.15) is 0 Å². The van der Waals surface area contributed by atoms with Crippen LogP contribution in [0.5, 0.6) is 5.75 Å². The number of hydrogen-bond donors (Lipinski definition) is 2. The van der Waals surface area contributed by atoms with Crippen LogP contribution in [0.2, 0.25) is 0 Å². The number of ether oxygens (including phenoxy) is 3. The van der Waals surface area contributed by atoms with Crippen LogP contribution in [-0.2, 0) is 16.0 Å². The molecule has 1 atom stereocenters. The second kappa shape index (κ2) is 9.75. The maximum atomic E-state index is 9.65. The quantitative estimate of drug-likeness (QED) is 0.616. The molecule has 0 aliphatic rings. The Morgan fingerprint density at radius 2 is 1.89 bits per heavy atom. The number of rotatable bonds is 10. The van der Waals surface area contributed by atoms with E-state index in [2.05, 4.69) is 5.32 Å². The molecule has 0 heterocycles. The fraction of sp³-hybridized carbons (Fsp3) is 0.571. The fourth-order valence-corrected chi connectivity index (χ4v) is 1.51. The number of aliphatic hydroxyl groups is 1. The second-order valence-corrected chi connectivity index (χ2v) is 4.21.